The Kier molecular flexibility index (Phi) is 16.2. The maximum absolute atomic E-state index is 14.3. The molecule has 2 aromatic heterocycles. The average molecular weight is 1290 g/mol. The molecule has 0 radical (unpaired) electrons. The fourth-order valence-electron chi connectivity index (χ4n) is 6.98. The number of nitrogens with zero attached hydrogens (tertiary/aromatic N) is 9. The number of aromatic nitrogens is 6. The molecule has 1 aliphatic carbocycles. The molecular weight excluding hydrogens is 1260 g/mol. The minimum Gasteiger partial charge on any atom is -0.396 e. The van der Waals surface area contributed by atoms with Gasteiger partial charge in [0.05, 0.1) is 49.5 Å². The van der Waals surface area contributed by atoms with Crippen molar-refractivity contribution in [1.82, 2.24) is 29.9 Å². The summed E-state index contributed by atoms with van der Waals surface area (Å²) in [6.07, 6.45) is 0.463. The summed E-state index contributed by atoms with van der Waals surface area (Å²) in [6.45, 7) is 0. The van der Waals surface area contributed by atoms with Crippen LogP contribution in [0.3, 0.4) is 0 Å². The number of nitrogens with one attached hydrogen (secondary N) is 5. The lowest BCUT2D eigenvalue weighted by Crippen LogP contribution is -2.28. The van der Waals surface area contributed by atoms with Gasteiger partial charge in [-0.3, -0.25) is 47.5 Å². The second-order valence-corrected chi connectivity index (χ2v) is 25.1. The molecule has 7 aromatic rings. The third-order valence-electron chi connectivity index (χ3n) is 10.4. The zero-order valence-electron chi connectivity index (χ0n) is 39.5. The highest BCUT2D eigenvalue weighted by Crippen LogP contribution is 2.42. The molecule has 82 heavy (non-hydrogen) atoms. The summed E-state index contributed by atoms with van der Waals surface area (Å²) < 4.78 is 208. The molecule has 428 valence electrons. The van der Waals surface area contributed by atoms with Gasteiger partial charge in [-0.15, -0.1) is 10.2 Å². The molecule has 0 aliphatic heterocycles. The molecule has 0 saturated heterocycles. The van der Waals surface area contributed by atoms with Crippen molar-refractivity contribution in [2.75, 3.05) is 11.2 Å². The van der Waals surface area contributed by atoms with Gasteiger partial charge >= 0.3 is 0 Å². The summed E-state index contributed by atoms with van der Waals surface area (Å²) in [5.74, 6) is -1.57. The van der Waals surface area contributed by atoms with E-state index in [9.17, 15) is 82.6 Å². The molecule has 8 rings (SSSR count). The number of azo groups is 1. The summed E-state index contributed by atoms with van der Waals surface area (Å²) in [5.41, 5.74) is 0.00103. The first-order chi connectivity index (χ1) is 38.0. The predicted molar refractivity (Wildman–Crippen MR) is 282 cm³/mol. The van der Waals surface area contributed by atoms with E-state index >= 15 is 0 Å². The summed E-state index contributed by atoms with van der Waals surface area (Å²) in [4.78, 5) is 42.8. The molecule has 0 fully saturated rings. The van der Waals surface area contributed by atoms with Gasteiger partial charge in [0.25, 0.3) is 60.7 Å². The summed E-state index contributed by atoms with van der Waals surface area (Å²) >= 11 is 12.2. The number of H-pyrrole nitrogens is 4. The first-order valence-corrected chi connectivity index (χ1v) is 30.6. The number of fused-ring (bicyclic) bond motifs is 1. The molecule has 0 atom stereocenters. The summed E-state index contributed by atoms with van der Waals surface area (Å²) in [7, 11) is -31.0. The van der Waals surface area contributed by atoms with Gasteiger partial charge in [0.1, 0.15) is 31.0 Å². The average Bonchev–Trinajstić information content (AvgIpc) is 1.74. The van der Waals surface area contributed by atoms with E-state index in [-0.39, 0.29) is 55.8 Å². The number of hydrazone groups is 1. The maximum atomic E-state index is 14.3. The number of carbonyl (C=O) groups is 1. The number of ketones is 1. The minimum absolute atomic E-state index is 0.0424. The predicted octanol–water partition coefficient (Wildman–Crippen LogP) is 3.15. The zero-order chi connectivity index (χ0) is 60.1. The quantitative estimate of drug-likeness (QED) is 0.0322. The molecule has 0 unspecified atom stereocenters. The van der Waals surface area contributed by atoms with E-state index in [1.165, 1.54) is 24.3 Å². The lowest BCUT2D eigenvalue weighted by atomic mass is 9.92. The molecule has 2 heterocycles. The molecule has 13 N–H and O–H groups in total. The minimum atomic E-state index is -5.56. The number of carbonyl (C=O) groups excluding carboxylic acids is 1. The number of benzene rings is 5. The van der Waals surface area contributed by atoms with Gasteiger partial charge in [-0.05, 0) is 114 Å². The lowest BCUT2D eigenvalue weighted by molar-refractivity contribution is 0.106. The van der Waals surface area contributed by atoms with Crippen LogP contribution in [0.1, 0.15) is 15.9 Å². The Morgan fingerprint density at radius 3 is 1.46 bits per heavy atom. The number of hydrogen-bond acceptors (Lipinski definition) is 24. The second-order valence-electron chi connectivity index (χ2n) is 16.0. The molecule has 0 spiro atoms. The Balaban J connectivity index is 1.17. The van der Waals surface area contributed by atoms with Gasteiger partial charge < -0.3 is 15.7 Å². The Hall–Kier alpha value is -8.36. The van der Waals surface area contributed by atoms with Crippen LogP contribution in [0, 0.1) is 0 Å². The highest BCUT2D eigenvalue weighted by atomic mass is 35.5. The van der Waals surface area contributed by atoms with E-state index < -0.39 is 135 Å². The van der Waals surface area contributed by atoms with E-state index in [0.717, 1.165) is 54.6 Å². The normalized spacial score (nSPS) is 15.1. The number of nitrogen functional groups attached to an aromatic ring is 1. The van der Waals surface area contributed by atoms with Crippen molar-refractivity contribution in [3.63, 3.8) is 0 Å². The topological polar surface area (TPSA) is 557 Å². The largest absolute Gasteiger partial charge is 0.396 e. The van der Waals surface area contributed by atoms with Gasteiger partial charge in [-0.25, -0.2) is 20.0 Å². The van der Waals surface area contributed by atoms with E-state index in [1.807, 2.05) is 0 Å². The molecule has 34 nitrogen and oxygen atoms in total. The smallest absolute Gasteiger partial charge is 0.296 e. The van der Waals surface area contributed by atoms with Crippen molar-refractivity contribution >= 4 is 147 Å². The number of allylic oxidation sites excluding steroid dienone is 1. The fraction of sp³-hybridized carbons (Fsp3) is 0. The zero-order valence-corrected chi connectivity index (χ0v) is 45.9. The standard InChI is InChI=1S/C40H29Cl2N15O19S6/c41-35-48-37(44-18-3-1-5-22(13-18)77(59,60)61)52-39(50-35)46-20-7-9-24(26(15-20)79(65,66)67)54-56-32-28(81(71,72)73)11-17-12-29(82(74,75)76)33(34(58)30(17)31(32)43)57-55-25-10-8-21(16-27(25)80(68,69)70)47-40-51-36(42)49-38(53-40)45-19-4-2-6-23(14-19)78(62,63)64/h1-16,55H,43H2,(H,59,60,61)(H,62,63,64)(H,65,66,67)(H,68,69,70)(H,71,72,73)(H,74,75,76)(H2,44,46,48,50,52)(H2,45,47,49,51,53)/b56-54?,57-33+. The van der Waals surface area contributed by atoms with Crippen LogP contribution in [-0.4, -0.2) is 119 Å². The molecule has 1 aliphatic rings. The van der Waals surface area contributed by atoms with Crippen molar-refractivity contribution in [2.24, 2.45) is 35.3 Å². The molecular formula is C40H29Cl2N15O19S6. The third kappa shape index (κ3) is 14.0. The number of halogens is 2. The number of aromatic amines is 4. The Bertz CT molecular complexity index is 5040. The van der Waals surface area contributed by atoms with Gasteiger partial charge in [0.2, 0.25) is 38.8 Å². The van der Waals surface area contributed by atoms with Crippen molar-refractivity contribution in [3.05, 3.63) is 140 Å². The molecule has 0 amide bonds. The lowest BCUT2D eigenvalue weighted by Gasteiger charge is -2.20. The molecule has 0 saturated carbocycles. The molecule has 42 heteroatoms. The number of hydrogen-bond donors (Lipinski definition) is 12. The summed E-state index contributed by atoms with van der Waals surface area (Å²) in [5, 5.41) is 10.3. The van der Waals surface area contributed by atoms with Crippen molar-refractivity contribution < 1.29 is 82.6 Å². The van der Waals surface area contributed by atoms with E-state index in [2.05, 4.69) is 70.6 Å². The monoisotopic (exact) mass is 1280 g/mol. The maximum Gasteiger partial charge on any atom is 0.296 e. The van der Waals surface area contributed by atoms with E-state index in [0.29, 0.717) is 18.2 Å². The van der Waals surface area contributed by atoms with Gasteiger partial charge in [0, 0.05) is 0 Å². The molecule has 5 aromatic carbocycles. The van der Waals surface area contributed by atoms with Crippen LogP contribution in [0.5, 0.6) is 0 Å². The Morgan fingerprint density at radius 1 is 0.512 bits per heavy atom. The van der Waals surface area contributed by atoms with E-state index in [4.69, 9.17) is 28.9 Å². The Labute approximate surface area is 467 Å². The van der Waals surface area contributed by atoms with Crippen LogP contribution in [0.25, 0.3) is 6.08 Å². The third-order valence-corrected chi connectivity index (χ3v) is 15.9. The highest BCUT2D eigenvalue weighted by molar-refractivity contribution is 7.91. The first kappa shape index (κ1) is 59.8. The second kappa shape index (κ2) is 22.2. The molecule has 0 bridgehead atoms. The number of anilines is 2. The SMILES string of the molecule is Nc1c(N=Nc2ccc(N=c3[nH]c(Cl)nc(=Nc4cccc(S(=O)(=O)O)c4)[nH]3)cc2S(=O)(=O)O)c(S(=O)(=O)O)cc2c1C(=O)/C(=N/Nc1ccc(N=c3[nH]c(Cl)nc(=Nc4cccc(S(=O)(=O)O)c4)[nH]3)cc1S(=O)(=O)O)C(S(=O)(=O)O)=C2. The first-order valence-electron chi connectivity index (χ1n) is 21.2. The highest BCUT2D eigenvalue weighted by Gasteiger charge is 2.37. The number of Topliss-reactive ketones (excluding diaryl/α,β-unsaturated/α-hetero) is 1. The summed E-state index contributed by atoms with van der Waals surface area (Å²) in [6, 6.07) is 15.1. The van der Waals surface area contributed by atoms with Crippen molar-refractivity contribution in [2.45, 2.75) is 24.5 Å². The van der Waals surface area contributed by atoms with Gasteiger partial charge in [0.15, 0.2) is 5.71 Å². The van der Waals surface area contributed by atoms with Crippen LogP contribution in [0.2, 0.25) is 10.6 Å². The van der Waals surface area contributed by atoms with Crippen LogP contribution in [-0.2, 0) is 60.7 Å². The fourth-order valence-corrected chi connectivity index (χ4v) is 11.0. The van der Waals surface area contributed by atoms with Crippen LogP contribution in [0.4, 0.5) is 45.5 Å². The van der Waals surface area contributed by atoms with Crippen LogP contribution in [0.15, 0.2) is 156 Å². The van der Waals surface area contributed by atoms with E-state index in [1.54, 1.807) is 0 Å². The van der Waals surface area contributed by atoms with Crippen molar-refractivity contribution in [1.29, 1.82) is 0 Å². The van der Waals surface area contributed by atoms with Crippen molar-refractivity contribution in [3.8, 4) is 0 Å². The van der Waals surface area contributed by atoms with Crippen LogP contribution < -0.4 is 33.6 Å². The van der Waals surface area contributed by atoms with Crippen LogP contribution >= 0.6 is 23.2 Å². The van der Waals surface area contributed by atoms with Gasteiger partial charge in [-0.2, -0.15) is 65.6 Å². The Morgan fingerprint density at radius 2 is 0.988 bits per heavy atom. The van der Waals surface area contributed by atoms with Gasteiger partial charge in [-0.1, -0.05) is 12.1 Å². The number of rotatable bonds is 14. The number of nitrogens with two attached hydrogens (primary N) is 1.